The molecular weight excluding hydrogens is 496 g/mol. The fourth-order valence-electron chi connectivity index (χ4n) is 6.74. The summed E-state index contributed by atoms with van der Waals surface area (Å²) in [5.41, 5.74) is 7.53. The van der Waals surface area contributed by atoms with Gasteiger partial charge in [0.2, 0.25) is 0 Å². The van der Waals surface area contributed by atoms with Crippen molar-refractivity contribution in [2.45, 2.75) is 18.9 Å². The lowest BCUT2D eigenvalue weighted by Gasteiger charge is -2.33. The first-order valence-corrected chi connectivity index (χ1v) is 14.5. The van der Waals surface area contributed by atoms with Crippen LogP contribution in [-0.4, -0.2) is 17.6 Å². The topological polar surface area (TPSA) is 16.1 Å². The van der Waals surface area contributed by atoms with Crippen molar-refractivity contribution in [1.82, 2.24) is 4.98 Å². The van der Waals surface area contributed by atoms with Gasteiger partial charge in [-0.15, -0.1) is 0 Å². The molecular formula is C39H30N2. The lowest BCUT2D eigenvalue weighted by Crippen LogP contribution is -2.35. The monoisotopic (exact) mass is 526 g/mol. The van der Waals surface area contributed by atoms with E-state index in [1.807, 2.05) is 12.3 Å². The van der Waals surface area contributed by atoms with Crippen molar-refractivity contribution in [2.24, 2.45) is 0 Å². The zero-order valence-corrected chi connectivity index (χ0v) is 22.9. The fraction of sp³-hybridized carbons (Fsp3) is 0.103. The molecule has 2 aliphatic rings. The van der Waals surface area contributed by atoms with E-state index in [9.17, 15) is 0 Å². The SMILES string of the molecule is C1=CCc2ccccc2N(C2C=CC(c3ccc4ccc5c(-c6ccccn6)ccc6ccc3c4c65)=CC2)CC=C1. The lowest BCUT2D eigenvalue weighted by molar-refractivity contribution is 0.722. The van der Waals surface area contributed by atoms with E-state index in [0.717, 1.165) is 25.1 Å². The van der Waals surface area contributed by atoms with Gasteiger partial charge >= 0.3 is 0 Å². The van der Waals surface area contributed by atoms with E-state index in [-0.39, 0.29) is 0 Å². The number of nitrogens with zero attached hydrogens (tertiary/aromatic N) is 2. The van der Waals surface area contributed by atoms with Crippen LogP contribution in [0.4, 0.5) is 5.69 Å². The normalized spacial score (nSPS) is 17.0. The molecule has 5 aromatic carbocycles. The van der Waals surface area contributed by atoms with Gasteiger partial charge in [0.15, 0.2) is 0 Å². The minimum absolute atomic E-state index is 0.323. The Bertz CT molecular complexity index is 2030. The molecule has 1 aliphatic heterocycles. The molecule has 2 heterocycles. The molecule has 1 atom stereocenters. The summed E-state index contributed by atoms with van der Waals surface area (Å²) in [4.78, 5) is 7.22. The minimum Gasteiger partial charge on any atom is -0.361 e. The number of hydrogen-bond donors (Lipinski definition) is 0. The van der Waals surface area contributed by atoms with E-state index in [4.69, 9.17) is 0 Å². The maximum absolute atomic E-state index is 4.67. The van der Waals surface area contributed by atoms with Crippen LogP contribution in [0.25, 0.3) is 49.1 Å². The molecule has 0 saturated heterocycles. The highest BCUT2D eigenvalue weighted by Gasteiger charge is 2.21. The molecule has 0 fully saturated rings. The number of rotatable bonds is 3. The molecule has 2 heteroatoms. The summed E-state index contributed by atoms with van der Waals surface area (Å²) < 4.78 is 0. The quantitative estimate of drug-likeness (QED) is 0.213. The van der Waals surface area contributed by atoms with Crippen LogP contribution in [0.2, 0.25) is 0 Å². The molecule has 0 amide bonds. The summed E-state index contributed by atoms with van der Waals surface area (Å²) in [6.45, 7) is 0.900. The minimum atomic E-state index is 0.323. The van der Waals surface area contributed by atoms with Crippen LogP contribution in [0.15, 0.2) is 140 Å². The average Bonchev–Trinajstić information content (AvgIpc) is 3.14. The Hall–Kier alpha value is -4.95. The molecule has 0 radical (unpaired) electrons. The fourth-order valence-corrected chi connectivity index (χ4v) is 6.74. The van der Waals surface area contributed by atoms with Crippen molar-refractivity contribution >= 4 is 43.6 Å². The summed E-state index contributed by atoms with van der Waals surface area (Å²) in [7, 11) is 0. The number of anilines is 1. The van der Waals surface area contributed by atoms with Crippen molar-refractivity contribution in [3.63, 3.8) is 0 Å². The van der Waals surface area contributed by atoms with Gasteiger partial charge in [-0.1, -0.05) is 115 Å². The first-order chi connectivity index (χ1) is 20.3. The van der Waals surface area contributed by atoms with E-state index in [1.54, 1.807) is 0 Å². The summed E-state index contributed by atoms with van der Waals surface area (Å²) in [6.07, 6.45) is 19.9. The van der Waals surface area contributed by atoms with E-state index >= 15 is 0 Å². The highest BCUT2D eigenvalue weighted by molar-refractivity contribution is 6.26. The Morgan fingerprint density at radius 2 is 1.41 bits per heavy atom. The average molecular weight is 527 g/mol. The smallest absolute Gasteiger partial charge is 0.0708 e. The van der Waals surface area contributed by atoms with Crippen molar-refractivity contribution < 1.29 is 0 Å². The van der Waals surface area contributed by atoms with Gasteiger partial charge in [-0.3, -0.25) is 4.98 Å². The van der Waals surface area contributed by atoms with Crippen LogP contribution < -0.4 is 4.90 Å². The second-order valence-corrected chi connectivity index (χ2v) is 11.0. The number of benzene rings is 5. The van der Waals surface area contributed by atoms with Gasteiger partial charge < -0.3 is 4.90 Å². The summed E-state index contributed by atoms with van der Waals surface area (Å²) in [5, 5.41) is 7.81. The Balaban J connectivity index is 1.20. The highest BCUT2D eigenvalue weighted by Crippen LogP contribution is 2.42. The maximum atomic E-state index is 4.67. The second-order valence-electron chi connectivity index (χ2n) is 11.0. The van der Waals surface area contributed by atoms with Crippen LogP contribution in [0.3, 0.4) is 0 Å². The number of pyridine rings is 1. The van der Waals surface area contributed by atoms with Crippen LogP contribution in [0.1, 0.15) is 17.5 Å². The number of para-hydroxylation sites is 1. The predicted molar refractivity (Wildman–Crippen MR) is 175 cm³/mol. The number of allylic oxidation sites excluding steroid dienone is 5. The van der Waals surface area contributed by atoms with Crippen LogP contribution in [-0.2, 0) is 6.42 Å². The molecule has 6 aromatic rings. The van der Waals surface area contributed by atoms with Crippen LogP contribution in [0.5, 0.6) is 0 Å². The van der Waals surface area contributed by atoms with Crippen LogP contribution in [0, 0.1) is 0 Å². The third-order valence-corrected chi connectivity index (χ3v) is 8.72. The first kappa shape index (κ1) is 23.9. The van der Waals surface area contributed by atoms with Gasteiger partial charge in [0.05, 0.1) is 11.7 Å². The zero-order chi connectivity index (χ0) is 27.2. The molecule has 0 saturated carbocycles. The van der Waals surface area contributed by atoms with Crippen molar-refractivity contribution in [1.29, 1.82) is 0 Å². The molecule has 1 aliphatic carbocycles. The maximum Gasteiger partial charge on any atom is 0.0708 e. The van der Waals surface area contributed by atoms with Crippen molar-refractivity contribution in [3.05, 3.63) is 151 Å². The van der Waals surface area contributed by atoms with E-state index in [2.05, 4.69) is 137 Å². The van der Waals surface area contributed by atoms with Gasteiger partial charge in [-0.2, -0.15) is 0 Å². The molecule has 8 rings (SSSR count). The molecule has 1 aromatic heterocycles. The highest BCUT2D eigenvalue weighted by atomic mass is 15.2. The second kappa shape index (κ2) is 9.91. The van der Waals surface area contributed by atoms with Gasteiger partial charge in [-0.05, 0) is 80.1 Å². The molecule has 0 spiro atoms. The molecule has 0 bridgehead atoms. The lowest BCUT2D eigenvalue weighted by atomic mass is 9.86. The van der Waals surface area contributed by atoms with Crippen LogP contribution >= 0.6 is 0 Å². The predicted octanol–water partition coefficient (Wildman–Crippen LogP) is 9.53. The third kappa shape index (κ3) is 4.06. The Kier molecular flexibility index (Phi) is 5.77. The number of fused-ring (bicyclic) bond motifs is 1. The third-order valence-electron chi connectivity index (χ3n) is 8.72. The van der Waals surface area contributed by atoms with E-state index < -0.39 is 0 Å². The molecule has 41 heavy (non-hydrogen) atoms. The van der Waals surface area contributed by atoms with E-state index in [0.29, 0.717) is 6.04 Å². The summed E-state index contributed by atoms with van der Waals surface area (Å²) in [5.74, 6) is 0. The van der Waals surface area contributed by atoms with Gasteiger partial charge in [0.25, 0.3) is 0 Å². The van der Waals surface area contributed by atoms with E-state index in [1.165, 1.54) is 60.3 Å². The zero-order valence-electron chi connectivity index (χ0n) is 22.9. The summed E-state index contributed by atoms with van der Waals surface area (Å²) >= 11 is 0. The first-order valence-electron chi connectivity index (χ1n) is 14.5. The van der Waals surface area contributed by atoms with Crippen molar-refractivity contribution in [2.75, 3.05) is 11.4 Å². The van der Waals surface area contributed by atoms with Gasteiger partial charge in [0.1, 0.15) is 0 Å². The Morgan fingerprint density at radius 1 is 0.683 bits per heavy atom. The van der Waals surface area contributed by atoms with Gasteiger partial charge in [-0.25, -0.2) is 0 Å². The number of aromatic nitrogens is 1. The number of hydrogen-bond acceptors (Lipinski definition) is 2. The standard InChI is InChI=1S/C39H30N2/c1-2-8-26-41(37-12-5-4-10-28(37)9-3-1)31-19-13-27(14-20-31)32-21-15-29-18-24-35-33(36-11-6-7-25-40-36)22-16-30-17-23-34(32)38(29)39(30)35/h1-8,10-19,21-25,31H,9,20,26H2. The Labute approximate surface area is 240 Å². The largest absolute Gasteiger partial charge is 0.361 e. The molecule has 0 N–H and O–H groups in total. The van der Waals surface area contributed by atoms with Gasteiger partial charge in [0, 0.05) is 24.0 Å². The molecule has 2 nitrogen and oxygen atoms in total. The van der Waals surface area contributed by atoms with Crippen molar-refractivity contribution in [3.8, 4) is 11.3 Å². The Morgan fingerprint density at radius 3 is 2.20 bits per heavy atom. The molecule has 1 unspecified atom stereocenters. The summed E-state index contributed by atoms with van der Waals surface area (Å²) in [6, 6.07) is 33.5. The molecule has 196 valence electrons.